The summed E-state index contributed by atoms with van der Waals surface area (Å²) in [6, 6.07) is 18.3. The Kier molecular flexibility index (Phi) is 4.12. The average Bonchev–Trinajstić information content (AvgIpc) is 2.54. The predicted octanol–water partition coefficient (Wildman–Crippen LogP) is 3.32. The molecule has 3 nitrogen and oxygen atoms in total. The average molecular weight is 278 g/mol. The maximum Gasteiger partial charge on any atom is 0.119 e. The summed E-state index contributed by atoms with van der Waals surface area (Å²) in [5, 5.41) is 1.14. The lowest BCUT2D eigenvalue weighted by atomic mass is 10.1. The van der Waals surface area contributed by atoms with Crippen LogP contribution in [-0.2, 0) is 13.0 Å². The van der Waals surface area contributed by atoms with Gasteiger partial charge in [0.05, 0.1) is 5.52 Å². The minimum Gasteiger partial charge on any atom is -0.489 e. The van der Waals surface area contributed by atoms with Crippen LogP contribution >= 0.6 is 0 Å². The molecule has 1 aromatic heterocycles. The summed E-state index contributed by atoms with van der Waals surface area (Å²) >= 11 is 0. The van der Waals surface area contributed by atoms with E-state index in [9.17, 15) is 0 Å². The van der Waals surface area contributed by atoms with Gasteiger partial charge in [-0.05, 0) is 36.7 Å². The Bertz CT molecular complexity index is 717. The van der Waals surface area contributed by atoms with E-state index in [0.29, 0.717) is 13.2 Å². The number of hydrogen-bond acceptors (Lipinski definition) is 3. The number of para-hydroxylation sites is 1. The SMILES string of the molecule is NCCc1ccc(OCc2cccc3cccnc23)cc1. The van der Waals surface area contributed by atoms with Crippen LogP contribution in [0.4, 0.5) is 0 Å². The molecule has 0 radical (unpaired) electrons. The first-order valence-corrected chi connectivity index (χ1v) is 7.11. The van der Waals surface area contributed by atoms with E-state index in [-0.39, 0.29) is 0 Å². The van der Waals surface area contributed by atoms with Crippen LogP contribution in [0.2, 0.25) is 0 Å². The van der Waals surface area contributed by atoms with Crippen molar-refractivity contribution in [2.45, 2.75) is 13.0 Å². The van der Waals surface area contributed by atoms with Gasteiger partial charge in [0, 0.05) is 17.1 Å². The summed E-state index contributed by atoms with van der Waals surface area (Å²) in [7, 11) is 0. The lowest BCUT2D eigenvalue weighted by molar-refractivity contribution is 0.307. The fourth-order valence-electron chi connectivity index (χ4n) is 2.36. The molecule has 106 valence electrons. The summed E-state index contributed by atoms with van der Waals surface area (Å²) < 4.78 is 5.86. The van der Waals surface area contributed by atoms with Gasteiger partial charge in [-0.25, -0.2) is 0 Å². The molecule has 21 heavy (non-hydrogen) atoms. The molecule has 0 amide bonds. The third-order valence-electron chi connectivity index (χ3n) is 3.47. The summed E-state index contributed by atoms with van der Waals surface area (Å²) in [6.45, 7) is 1.19. The van der Waals surface area contributed by atoms with Crippen LogP contribution in [0, 0.1) is 0 Å². The van der Waals surface area contributed by atoms with E-state index in [2.05, 4.69) is 35.3 Å². The second kappa shape index (κ2) is 6.37. The molecular weight excluding hydrogens is 260 g/mol. The number of ether oxygens (including phenoxy) is 1. The molecule has 0 unspecified atom stereocenters. The Morgan fingerprint density at radius 1 is 0.952 bits per heavy atom. The zero-order valence-electron chi connectivity index (χ0n) is 11.8. The van der Waals surface area contributed by atoms with E-state index in [0.717, 1.165) is 28.6 Å². The zero-order valence-corrected chi connectivity index (χ0v) is 11.8. The van der Waals surface area contributed by atoms with Crippen molar-refractivity contribution < 1.29 is 4.74 Å². The molecule has 0 spiro atoms. The second-order valence-corrected chi connectivity index (χ2v) is 4.96. The first kappa shape index (κ1) is 13.6. The Morgan fingerprint density at radius 3 is 2.57 bits per heavy atom. The van der Waals surface area contributed by atoms with Crippen LogP contribution in [0.5, 0.6) is 5.75 Å². The molecule has 0 bridgehead atoms. The number of aromatic nitrogens is 1. The highest BCUT2D eigenvalue weighted by molar-refractivity contribution is 5.81. The Morgan fingerprint density at radius 2 is 1.76 bits per heavy atom. The normalized spacial score (nSPS) is 10.7. The monoisotopic (exact) mass is 278 g/mol. The number of pyridine rings is 1. The standard InChI is InChI=1S/C18H18N2O/c19-11-10-14-6-8-17(9-7-14)21-13-16-4-1-3-15-5-2-12-20-18(15)16/h1-9,12H,10-11,13,19H2. The smallest absolute Gasteiger partial charge is 0.119 e. The van der Waals surface area contributed by atoms with Crippen LogP contribution in [0.15, 0.2) is 60.8 Å². The topological polar surface area (TPSA) is 48.1 Å². The number of hydrogen-bond donors (Lipinski definition) is 1. The maximum absolute atomic E-state index is 5.86. The molecule has 0 aliphatic carbocycles. The van der Waals surface area contributed by atoms with Gasteiger partial charge in [-0.15, -0.1) is 0 Å². The van der Waals surface area contributed by atoms with Crippen LogP contribution in [0.3, 0.4) is 0 Å². The first-order chi connectivity index (χ1) is 10.4. The first-order valence-electron chi connectivity index (χ1n) is 7.11. The maximum atomic E-state index is 5.86. The van der Waals surface area contributed by atoms with E-state index in [1.54, 1.807) is 0 Å². The van der Waals surface area contributed by atoms with E-state index in [4.69, 9.17) is 10.5 Å². The number of rotatable bonds is 5. The van der Waals surface area contributed by atoms with E-state index in [1.165, 1.54) is 5.56 Å². The molecular formula is C18H18N2O. The lowest BCUT2D eigenvalue weighted by Crippen LogP contribution is -2.02. The van der Waals surface area contributed by atoms with Crippen molar-refractivity contribution in [1.82, 2.24) is 4.98 Å². The van der Waals surface area contributed by atoms with Gasteiger partial charge in [0.1, 0.15) is 12.4 Å². The fraction of sp³-hybridized carbons (Fsp3) is 0.167. The lowest BCUT2D eigenvalue weighted by Gasteiger charge is -2.09. The van der Waals surface area contributed by atoms with Gasteiger partial charge in [0.25, 0.3) is 0 Å². The molecule has 2 aromatic carbocycles. The third-order valence-corrected chi connectivity index (χ3v) is 3.47. The largest absolute Gasteiger partial charge is 0.489 e. The highest BCUT2D eigenvalue weighted by Gasteiger charge is 2.03. The van der Waals surface area contributed by atoms with Crippen LogP contribution in [0.25, 0.3) is 10.9 Å². The third kappa shape index (κ3) is 3.20. The summed E-state index contributed by atoms with van der Waals surface area (Å²) in [5.41, 5.74) is 8.88. The van der Waals surface area contributed by atoms with Gasteiger partial charge in [0.15, 0.2) is 0 Å². The molecule has 2 N–H and O–H groups in total. The van der Waals surface area contributed by atoms with Crippen LogP contribution < -0.4 is 10.5 Å². The second-order valence-electron chi connectivity index (χ2n) is 4.96. The summed E-state index contributed by atoms with van der Waals surface area (Å²) in [6.07, 6.45) is 2.71. The summed E-state index contributed by atoms with van der Waals surface area (Å²) in [5.74, 6) is 0.865. The highest BCUT2D eigenvalue weighted by Crippen LogP contribution is 2.19. The van der Waals surface area contributed by atoms with Gasteiger partial charge in [-0.3, -0.25) is 4.98 Å². The molecule has 0 fully saturated rings. The molecule has 0 atom stereocenters. The Hall–Kier alpha value is -2.39. The Balaban J connectivity index is 1.74. The van der Waals surface area contributed by atoms with Crippen molar-refractivity contribution in [2.24, 2.45) is 5.73 Å². The van der Waals surface area contributed by atoms with Crippen LogP contribution in [0.1, 0.15) is 11.1 Å². The van der Waals surface area contributed by atoms with Crippen molar-refractivity contribution in [3.63, 3.8) is 0 Å². The van der Waals surface area contributed by atoms with Gasteiger partial charge in [-0.2, -0.15) is 0 Å². The minimum atomic E-state index is 0.518. The number of nitrogens with zero attached hydrogens (tertiary/aromatic N) is 1. The summed E-state index contributed by atoms with van der Waals surface area (Å²) in [4.78, 5) is 4.44. The van der Waals surface area contributed by atoms with Crippen LogP contribution in [-0.4, -0.2) is 11.5 Å². The van der Waals surface area contributed by atoms with Gasteiger partial charge in [-0.1, -0.05) is 36.4 Å². The van der Waals surface area contributed by atoms with Gasteiger partial charge in [0.2, 0.25) is 0 Å². The van der Waals surface area contributed by atoms with Crippen molar-refractivity contribution in [3.8, 4) is 5.75 Å². The fourth-order valence-corrected chi connectivity index (χ4v) is 2.36. The minimum absolute atomic E-state index is 0.518. The quantitative estimate of drug-likeness (QED) is 0.779. The number of nitrogens with two attached hydrogens (primary N) is 1. The van der Waals surface area contributed by atoms with E-state index in [1.807, 2.05) is 30.5 Å². The predicted molar refractivity (Wildman–Crippen MR) is 85.3 cm³/mol. The molecule has 3 rings (SSSR count). The molecule has 3 heteroatoms. The van der Waals surface area contributed by atoms with Crippen molar-refractivity contribution in [2.75, 3.05) is 6.54 Å². The van der Waals surface area contributed by atoms with E-state index >= 15 is 0 Å². The van der Waals surface area contributed by atoms with Crippen molar-refractivity contribution in [3.05, 3.63) is 71.9 Å². The highest BCUT2D eigenvalue weighted by atomic mass is 16.5. The number of fused-ring (bicyclic) bond motifs is 1. The molecule has 3 aromatic rings. The molecule has 0 saturated carbocycles. The van der Waals surface area contributed by atoms with Crippen molar-refractivity contribution >= 4 is 10.9 Å². The molecule has 0 aliphatic heterocycles. The van der Waals surface area contributed by atoms with Gasteiger partial charge >= 0.3 is 0 Å². The van der Waals surface area contributed by atoms with Crippen molar-refractivity contribution in [1.29, 1.82) is 0 Å². The zero-order chi connectivity index (χ0) is 14.5. The molecule has 0 saturated heterocycles. The molecule has 0 aliphatic rings. The van der Waals surface area contributed by atoms with E-state index < -0.39 is 0 Å². The van der Waals surface area contributed by atoms with Gasteiger partial charge < -0.3 is 10.5 Å². The number of benzene rings is 2. The molecule has 1 heterocycles. The Labute approximate surface area is 124 Å².